The van der Waals surface area contributed by atoms with Crippen molar-refractivity contribution >= 4 is 11.3 Å². The second-order valence-corrected chi connectivity index (χ2v) is 6.09. The summed E-state index contributed by atoms with van der Waals surface area (Å²) in [7, 11) is 0. The molecule has 5 heteroatoms. The molecule has 1 heterocycles. The Balaban J connectivity index is 1.83. The molecule has 0 amide bonds. The molecule has 0 aliphatic heterocycles. The minimum Gasteiger partial charge on any atom is -0.325 e. The summed E-state index contributed by atoms with van der Waals surface area (Å²) in [6.45, 7) is 0. The lowest BCUT2D eigenvalue weighted by molar-refractivity contribution is -0.184. The fourth-order valence-electron chi connectivity index (χ4n) is 2.60. The minimum absolute atomic E-state index is 0.184. The Hall–Kier alpha value is -0.550. The maximum atomic E-state index is 12.6. The van der Waals surface area contributed by atoms with Crippen molar-refractivity contribution in [3.8, 4) is 0 Å². The monoisotopic (exact) mass is 277 g/mol. The number of hydrogen-bond donors (Lipinski definition) is 1. The molecule has 2 N–H and O–H groups in total. The van der Waals surface area contributed by atoms with Crippen LogP contribution in [0.3, 0.4) is 0 Å². The first-order valence-corrected chi connectivity index (χ1v) is 7.20. The average molecular weight is 277 g/mol. The molecule has 18 heavy (non-hydrogen) atoms. The largest absolute Gasteiger partial charge is 0.391 e. The summed E-state index contributed by atoms with van der Waals surface area (Å²) >= 11 is 1.64. The summed E-state index contributed by atoms with van der Waals surface area (Å²) in [6, 6.07) is 2.05. The van der Waals surface area contributed by atoms with Crippen molar-refractivity contribution in [2.24, 2.45) is 11.7 Å². The Morgan fingerprint density at radius 2 is 2.00 bits per heavy atom. The molecule has 0 aromatic carbocycles. The molecule has 1 aliphatic rings. The molecule has 0 atom stereocenters. The lowest BCUT2D eigenvalue weighted by Crippen LogP contribution is -2.45. The smallest absolute Gasteiger partial charge is 0.325 e. The second-order valence-electron chi connectivity index (χ2n) is 5.31. The Labute approximate surface area is 109 Å². The Morgan fingerprint density at radius 3 is 2.50 bits per heavy atom. The highest BCUT2D eigenvalue weighted by Gasteiger charge is 2.44. The van der Waals surface area contributed by atoms with E-state index >= 15 is 0 Å². The van der Waals surface area contributed by atoms with E-state index in [0.29, 0.717) is 12.8 Å². The molecule has 0 saturated heterocycles. The van der Waals surface area contributed by atoms with Crippen molar-refractivity contribution in [2.75, 3.05) is 0 Å². The molecule has 2 rings (SSSR count). The maximum Gasteiger partial charge on any atom is 0.391 e. The van der Waals surface area contributed by atoms with Crippen LogP contribution in [0, 0.1) is 5.92 Å². The zero-order valence-corrected chi connectivity index (χ0v) is 11.0. The number of rotatable bonds is 3. The lowest BCUT2D eigenvalue weighted by atomic mass is 9.74. The van der Waals surface area contributed by atoms with Crippen LogP contribution >= 0.6 is 11.3 Å². The van der Waals surface area contributed by atoms with Gasteiger partial charge in [-0.25, -0.2) is 0 Å². The van der Waals surface area contributed by atoms with Gasteiger partial charge < -0.3 is 5.73 Å². The summed E-state index contributed by atoms with van der Waals surface area (Å²) < 4.78 is 37.7. The van der Waals surface area contributed by atoms with E-state index < -0.39 is 17.6 Å². The van der Waals surface area contributed by atoms with E-state index in [1.54, 1.807) is 11.3 Å². The number of alkyl halides is 3. The van der Waals surface area contributed by atoms with Crippen molar-refractivity contribution in [1.29, 1.82) is 0 Å². The minimum atomic E-state index is -4.05. The molecule has 1 fully saturated rings. The third-order valence-corrected chi connectivity index (χ3v) is 4.67. The number of nitrogens with two attached hydrogens (primary N) is 1. The highest BCUT2D eigenvalue weighted by molar-refractivity contribution is 7.07. The molecule has 1 aliphatic carbocycles. The van der Waals surface area contributed by atoms with Gasteiger partial charge in [0.05, 0.1) is 5.92 Å². The van der Waals surface area contributed by atoms with Crippen molar-refractivity contribution < 1.29 is 13.2 Å². The normalized spacial score (nSPS) is 29.4. The molecule has 1 nitrogen and oxygen atoms in total. The Morgan fingerprint density at radius 1 is 1.33 bits per heavy atom. The van der Waals surface area contributed by atoms with E-state index in [1.165, 1.54) is 5.56 Å². The van der Waals surface area contributed by atoms with Gasteiger partial charge in [0.2, 0.25) is 0 Å². The van der Waals surface area contributed by atoms with Crippen LogP contribution in [0.1, 0.15) is 37.7 Å². The lowest BCUT2D eigenvalue weighted by Gasteiger charge is -2.37. The highest BCUT2D eigenvalue weighted by Crippen LogP contribution is 2.41. The van der Waals surface area contributed by atoms with Crippen LogP contribution in [0.5, 0.6) is 0 Å². The van der Waals surface area contributed by atoms with E-state index in [0.717, 1.165) is 12.8 Å². The van der Waals surface area contributed by atoms with Crippen molar-refractivity contribution in [2.45, 2.75) is 50.2 Å². The molecule has 1 saturated carbocycles. The van der Waals surface area contributed by atoms with Gasteiger partial charge in [-0.1, -0.05) is 0 Å². The molecule has 1 aromatic rings. The first-order chi connectivity index (χ1) is 8.39. The summed E-state index contributed by atoms with van der Waals surface area (Å²) in [4.78, 5) is 0. The summed E-state index contributed by atoms with van der Waals surface area (Å²) in [5.74, 6) is -1.14. The van der Waals surface area contributed by atoms with Gasteiger partial charge in [0.1, 0.15) is 0 Å². The van der Waals surface area contributed by atoms with Crippen LogP contribution in [0.2, 0.25) is 0 Å². The first-order valence-electron chi connectivity index (χ1n) is 6.26. The van der Waals surface area contributed by atoms with E-state index in [4.69, 9.17) is 5.73 Å². The van der Waals surface area contributed by atoms with Crippen molar-refractivity contribution in [1.82, 2.24) is 0 Å². The number of halogens is 3. The third-order valence-electron chi connectivity index (χ3n) is 3.94. The van der Waals surface area contributed by atoms with Gasteiger partial charge in [-0.05, 0) is 60.9 Å². The summed E-state index contributed by atoms with van der Waals surface area (Å²) in [5.41, 5.74) is 7.06. The fraction of sp³-hybridized carbons (Fsp3) is 0.692. The highest BCUT2D eigenvalue weighted by atomic mass is 32.1. The second kappa shape index (κ2) is 5.21. The van der Waals surface area contributed by atoms with Gasteiger partial charge in [0, 0.05) is 5.54 Å². The quantitative estimate of drug-likeness (QED) is 0.883. The molecular formula is C13H18F3NS. The first kappa shape index (κ1) is 13.9. The number of thiophene rings is 1. The molecule has 0 bridgehead atoms. The third kappa shape index (κ3) is 3.48. The van der Waals surface area contributed by atoms with Crippen LogP contribution in [0.15, 0.2) is 16.8 Å². The van der Waals surface area contributed by atoms with Gasteiger partial charge in [-0.2, -0.15) is 24.5 Å². The Bertz CT molecular complexity index is 364. The van der Waals surface area contributed by atoms with Gasteiger partial charge >= 0.3 is 6.18 Å². The average Bonchev–Trinajstić information content (AvgIpc) is 2.79. The number of hydrogen-bond acceptors (Lipinski definition) is 2. The van der Waals surface area contributed by atoms with Crippen LogP contribution in [-0.2, 0) is 6.42 Å². The summed E-state index contributed by atoms with van der Waals surface area (Å²) in [6.07, 6.45) is -1.05. The van der Waals surface area contributed by atoms with Crippen LogP contribution in [0.25, 0.3) is 0 Å². The predicted octanol–water partition coefficient (Wildman–Crippen LogP) is 4.13. The molecule has 0 spiro atoms. The van der Waals surface area contributed by atoms with E-state index in [-0.39, 0.29) is 12.8 Å². The van der Waals surface area contributed by atoms with E-state index in [1.807, 2.05) is 5.38 Å². The summed E-state index contributed by atoms with van der Waals surface area (Å²) in [5, 5.41) is 4.09. The SMILES string of the molecule is NC1(CCc2ccsc2)CCC(C(F)(F)F)CC1. The molecule has 1 aromatic heterocycles. The molecule has 102 valence electrons. The van der Waals surface area contributed by atoms with Crippen LogP contribution in [0.4, 0.5) is 13.2 Å². The van der Waals surface area contributed by atoms with Crippen LogP contribution < -0.4 is 5.73 Å². The molecule has 0 radical (unpaired) electrons. The predicted molar refractivity (Wildman–Crippen MR) is 67.6 cm³/mol. The van der Waals surface area contributed by atoms with Crippen molar-refractivity contribution in [3.63, 3.8) is 0 Å². The fourth-order valence-corrected chi connectivity index (χ4v) is 3.30. The van der Waals surface area contributed by atoms with Gasteiger partial charge in [-0.3, -0.25) is 0 Å². The number of aryl methyl sites for hydroxylation is 1. The zero-order chi connectivity index (χ0) is 13.2. The molecule has 0 unspecified atom stereocenters. The topological polar surface area (TPSA) is 26.0 Å². The van der Waals surface area contributed by atoms with E-state index in [2.05, 4.69) is 11.4 Å². The van der Waals surface area contributed by atoms with E-state index in [9.17, 15) is 13.2 Å². The van der Waals surface area contributed by atoms with Crippen LogP contribution in [-0.4, -0.2) is 11.7 Å². The zero-order valence-electron chi connectivity index (χ0n) is 10.2. The molecular weight excluding hydrogens is 259 g/mol. The standard InChI is InChI=1S/C13H18F3NS/c14-13(15,16)11-2-6-12(17,7-3-11)5-1-10-4-8-18-9-10/h4,8-9,11H,1-3,5-7,17H2. The van der Waals surface area contributed by atoms with Gasteiger partial charge in [0.25, 0.3) is 0 Å². The maximum absolute atomic E-state index is 12.6. The van der Waals surface area contributed by atoms with Gasteiger partial charge in [-0.15, -0.1) is 0 Å². The Kier molecular flexibility index (Phi) is 4.02. The van der Waals surface area contributed by atoms with Crippen molar-refractivity contribution in [3.05, 3.63) is 22.4 Å². The van der Waals surface area contributed by atoms with Gasteiger partial charge in [0.15, 0.2) is 0 Å².